The normalized spacial score (nSPS) is 21.4. The molecule has 2 aromatic rings. The predicted octanol–water partition coefficient (Wildman–Crippen LogP) is 3.14. The minimum Gasteiger partial charge on any atom is -0.465 e. The van der Waals surface area contributed by atoms with E-state index < -0.39 is 35.9 Å². The van der Waals surface area contributed by atoms with Crippen LogP contribution in [0, 0.1) is 0 Å². The van der Waals surface area contributed by atoms with Crippen molar-refractivity contribution in [3.05, 3.63) is 51.4 Å². The molecule has 1 aromatic carbocycles. The number of aryl methyl sites for hydroxylation is 2. The van der Waals surface area contributed by atoms with Crippen molar-refractivity contribution in [2.45, 2.75) is 50.5 Å². The van der Waals surface area contributed by atoms with Gasteiger partial charge < -0.3 is 15.4 Å². The van der Waals surface area contributed by atoms with Crippen LogP contribution in [0.2, 0.25) is 0 Å². The average molecular weight is 468 g/mol. The van der Waals surface area contributed by atoms with Gasteiger partial charge >= 0.3 is 12.0 Å². The number of hydrogen-bond acceptors (Lipinski definition) is 6. The number of rotatable bonds is 4. The van der Waals surface area contributed by atoms with Gasteiger partial charge in [-0.3, -0.25) is 14.5 Å². The van der Waals surface area contributed by atoms with Crippen molar-refractivity contribution in [3.63, 3.8) is 0 Å². The van der Waals surface area contributed by atoms with Gasteiger partial charge in [0.2, 0.25) is 5.91 Å². The van der Waals surface area contributed by atoms with Crippen LogP contribution in [0.3, 0.4) is 0 Å². The molecule has 1 saturated heterocycles. The predicted molar refractivity (Wildman–Crippen MR) is 122 cm³/mol. The maximum absolute atomic E-state index is 13.3. The fourth-order valence-electron chi connectivity index (χ4n) is 5.19. The van der Waals surface area contributed by atoms with Crippen LogP contribution in [0.5, 0.6) is 0 Å². The number of nitrogens with one attached hydrogen (secondary N) is 2. The quantitative estimate of drug-likeness (QED) is 0.408. The van der Waals surface area contributed by atoms with Crippen LogP contribution in [-0.4, -0.2) is 42.4 Å². The molecule has 1 aromatic heterocycles. The number of benzene rings is 1. The number of anilines is 1. The first-order chi connectivity index (χ1) is 15.9. The zero-order valence-corrected chi connectivity index (χ0v) is 19.2. The second-order valence-electron chi connectivity index (χ2n) is 8.69. The maximum atomic E-state index is 13.3. The lowest BCUT2D eigenvalue weighted by Gasteiger charge is -2.22. The van der Waals surface area contributed by atoms with Crippen LogP contribution < -0.4 is 10.6 Å². The van der Waals surface area contributed by atoms with E-state index in [4.69, 9.17) is 4.74 Å². The van der Waals surface area contributed by atoms with Crippen LogP contribution >= 0.6 is 11.3 Å². The molecule has 2 N–H and O–H groups in total. The van der Waals surface area contributed by atoms with Gasteiger partial charge in [-0.25, -0.2) is 9.59 Å². The number of imide groups is 1. The number of methoxy groups -OCH3 is 1. The SMILES string of the molecule is COC(=O)c1c(NC(=O)CN2C(=O)NC3(CCc4ccccc43)C2=O)sc2c1CCCCC2. The zero-order valence-electron chi connectivity index (χ0n) is 18.4. The molecule has 172 valence electrons. The van der Waals surface area contributed by atoms with E-state index in [-0.39, 0.29) is 0 Å². The van der Waals surface area contributed by atoms with Gasteiger partial charge in [-0.2, -0.15) is 0 Å². The van der Waals surface area contributed by atoms with Crippen molar-refractivity contribution >= 4 is 40.2 Å². The van der Waals surface area contributed by atoms with Gasteiger partial charge in [-0.1, -0.05) is 30.7 Å². The smallest absolute Gasteiger partial charge is 0.341 e. The Bertz CT molecular complexity index is 1170. The molecule has 0 bridgehead atoms. The molecule has 1 unspecified atom stereocenters. The highest BCUT2D eigenvalue weighted by Gasteiger charge is 2.55. The molecule has 0 saturated carbocycles. The molecule has 33 heavy (non-hydrogen) atoms. The molecule has 1 aliphatic heterocycles. The average Bonchev–Trinajstić information content (AvgIpc) is 3.35. The van der Waals surface area contributed by atoms with Crippen LogP contribution in [-0.2, 0) is 39.1 Å². The number of carbonyl (C=O) groups excluding carboxylic acids is 4. The van der Waals surface area contributed by atoms with E-state index in [9.17, 15) is 19.2 Å². The van der Waals surface area contributed by atoms with Crippen molar-refractivity contribution < 1.29 is 23.9 Å². The topological polar surface area (TPSA) is 105 Å². The van der Waals surface area contributed by atoms with Gasteiger partial charge in [-0.15, -0.1) is 11.3 Å². The Balaban J connectivity index is 1.37. The lowest BCUT2D eigenvalue weighted by molar-refractivity contribution is -0.134. The number of urea groups is 1. The molecule has 2 heterocycles. The fourth-order valence-corrected chi connectivity index (χ4v) is 6.49. The van der Waals surface area contributed by atoms with E-state index in [0.29, 0.717) is 23.4 Å². The Morgan fingerprint density at radius 3 is 2.76 bits per heavy atom. The van der Waals surface area contributed by atoms with E-state index in [1.807, 2.05) is 24.3 Å². The van der Waals surface area contributed by atoms with E-state index in [1.165, 1.54) is 18.4 Å². The Hall–Kier alpha value is -3.20. The molecular formula is C24H25N3O5S. The molecule has 1 spiro atoms. The van der Waals surface area contributed by atoms with Crippen molar-refractivity contribution in [2.75, 3.05) is 19.0 Å². The highest BCUT2D eigenvalue weighted by atomic mass is 32.1. The second kappa shape index (κ2) is 8.30. The van der Waals surface area contributed by atoms with Crippen molar-refractivity contribution in [2.24, 2.45) is 0 Å². The number of fused-ring (bicyclic) bond motifs is 3. The van der Waals surface area contributed by atoms with E-state index in [0.717, 1.165) is 58.6 Å². The summed E-state index contributed by atoms with van der Waals surface area (Å²) in [5, 5.41) is 6.02. The molecule has 5 rings (SSSR count). The summed E-state index contributed by atoms with van der Waals surface area (Å²) < 4.78 is 4.98. The van der Waals surface area contributed by atoms with Gasteiger partial charge in [0.25, 0.3) is 5.91 Å². The first-order valence-electron chi connectivity index (χ1n) is 11.2. The third-order valence-electron chi connectivity index (χ3n) is 6.79. The zero-order chi connectivity index (χ0) is 23.2. The molecule has 8 nitrogen and oxygen atoms in total. The molecule has 3 aliphatic rings. The van der Waals surface area contributed by atoms with Crippen molar-refractivity contribution in [1.82, 2.24) is 10.2 Å². The molecule has 2 aliphatic carbocycles. The van der Waals surface area contributed by atoms with Crippen LogP contribution in [0.25, 0.3) is 0 Å². The Morgan fingerprint density at radius 1 is 1.15 bits per heavy atom. The summed E-state index contributed by atoms with van der Waals surface area (Å²) in [6.45, 7) is -0.419. The number of esters is 1. The Kier molecular flexibility index (Phi) is 5.44. The second-order valence-corrected chi connectivity index (χ2v) is 9.80. The van der Waals surface area contributed by atoms with E-state index >= 15 is 0 Å². The highest BCUT2D eigenvalue weighted by molar-refractivity contribution is 7.17. The summed E-state index contributed by atoms with van der Waals surface area (Å²) in [6, 6.07) is 6.98. The third kappa shape index (κ3) is 3.51. The first-order valence-corrected chi connectivity index (χ1v) is 12.0. The standard InChI is InChI=1S/C24H25N3O5S/c1-32-21(29)19-15-8-3-2-4-10-17(15)33-20(19)25-18(28)13-27-22(30)24(26-23(27)31)12-11-14-7-5-6-9-16(14)24/h5-7,9H,2-4,8,10-13H2,1H3,(H,25,28)(H,26,31). The molecule has 0 radical (unpaired) electrons. The molecular weight excluding hydrogens is 442 g/mol. The molecule has 1 fully saturated rings. The van der Waals surface area contributed by atoms with Gasteiger partial charge in [0.1, 0.15) is 17.1 Å². The van der Waals surface area contributed by atoms with E-state index in [2.05, 4.69) is 10.6 Å². The number of thiophene rings is 1. The number of hydrogen-bond donors (Lipinski definition) is 2. The number of carbonyl (C=O) groups is 4. The van der Waals surface area contributed by atoms with E-state index in [1.54, 1.807) is 0 Å². The summed E-state index contributed by atoms with van der Waals surface area (Å²) in [7, 11) is 1.32. The van der Waals surface area contributed by atoms with Crippen LogP contribution in [0.4, 0.5) is 9.80 Å². The molecule has 1 atom stereocenters. The molecule has 9 heteroatoms. The van der Waals surface area contributed by atoms with Crippen LogP contribution in [0.1, 0.15) is 57.6 Å². The number of ether oxygens (including phenoxy) is 1. The lowest BCUT2D eigenvalue weighted by Crippen LogP contribution is -2.43. The lowest BCUT2D eigenvalue weighted by atomic mass is 9.92. The number of amides is 4. The summed E-state index contributed by atoms with van der Waals surface area (Å²) >= 11 is 1.38. The van der Waals surface area contributed by atoms with Gasteiger partial charge in [0, 0.05) is 4.88 Å². The summed E-state index contributed by atoms with van der Waals surface area (Å²) in [5.74, 6) is -1.42. The minimum absolute atomic E-state index is 0.395. The monoisotopic (exact) mass is 467 g/mol. The summed E-state index contributed by atoms with van der Waals surface area (Å²) in [6.07, 6.45) is 5.89. The minimum atomic E-state index is -1.11. The van der Waals surface area contributed by atoms with Crippen molar-refractivity contribution in [1.29, 1.82) is 0 Å². The van der Waals surface area contributed by atoms with Gasteiger partial charge in [0.15, 0.2) is 0 Å². The summed E-state index contributed by atoms with van der Waals surface area (Å²) in [4.78, 5) is 53.5. The fraction of sp³-hybridized carbons (Fsp3) is 0.417. The third-order valence-corrected chi connectivity index (χ3v) is 7.99. The number of nitrogens with zero attached hydrogens (tertiary/aromatic N) is 1. The maximum Gasteiger partial charge on any atom is 0.341 e. The van der Waals surface area contributed by atoms with Gasteiger partial charge in [-0.05, 0) is 55.2 Å². The summed E-state index contributed by atoms with van der Waals surface area (Å²) in [5.41, 5.74) is 2.05. The van der Waals surface area contributed by atoms with Crippen LogP contribution in [0.15, 0.2) is 24.3 Å². The largest absolute Gasteiger partial charge is 0.465 e. The Morgan fingerprint density at radius 2 is 1.94 bits per heavy atom. The first kappa shape index (κ1) is 21.6. The highest BCUT2D eigenvalue weighted by Crippen LogP contribution is 2.41. The Labute approximate surface area is 195 Å². The van der Waals surface area contributed by atoms with Gasteiger partial charge in [0.05, 0.1) is 12.7 Å². The van der Waals surface area contributed by atoms with Crippen molar-refractivity contribution in [3.8, 4) is 0 Å². The molecule has 4 amide bonds.